The van der Waals surface area contributed by atoms with Gasteiger partial charge in [-0.3, -0.25) is 14.5 Å². The number of likely N-dealkylation sites (tertiary alicyclic amines) is 2. The van der Waals surface area contributed by atoms with Crippen LogP contribution in [0.5, 0.6) is 5.75 Å². The van der Waals surface area contributed by atoms with Crippen molar-refractivity contribution in [1.82, 2.24) is 15.1 Å². The Morgan fingerprint density at radius 3 is 2.22 bits per heavy atom. The van der Waals surface area contributed by atoms with Crippen LogP contribution in [0.3, 0.4) is 0 Å². The predicted molar refractivity (Wildman–Crippen MR) is 105 cm³/mol. The molecule has 2 heterocycles. The van der Waals surface area contributed by atoms with E-state index in [1.165, 1.54) is 12.8 Å². The molecule has 0 atom stereocenters. The summed E-state index contributed by atoms with van der Waals surface area (Å²) < 4.78 is 5.12. The quantitative estimate of drug-likeness (QED) is 0.860. The molecule has 2 amide bonds. The van der Waals surface area contributed by atoms with Crippen LogP contribution in [-0.2, 0) is 4.79 Å². The minimum Gasteiger partial charge on any atom is -0.497 e. The van der Waals surface area contributed by atoms with Crippen LogP contribution >= 0.6 is 0 Å². The molecule has 0 radical (unpaired) electrons. The molecule has 1 N–H and O–H groups in total. The molecule has 0 saturated carbocycles. The molecule has 2 aliphatic rings. The zero-order valence-corrected chi connectivity index (χ0v) is 16.3. The van der Waals surface area contributed by atoms with Crippen molar-refractivity contribution in [2.24, 2.45) is 0 Å². The van der Waals surface area contributed by atoms with E-state index in [1.54, 1.807) is 31.4 Å². The van der Waals surface area contributed by atoms with Crippen molar-refractivity contribution >= 4 is 11.8 Å². The minimum absolute atomic E-state index is 0.0447. The number of ether oxygens (including phenoxy) is 1. The predicted octanol–water partition coefficient (Wildman–Crippen LogP) is 2.29. The van der Waals surface area contributed by atoms with E-state index in [0.29, 0.717) is 12.1 Å². The zero-order valence-electron chi connectivity index (χ0n) is 16.3. The van der Waals surface area contributed by atoms with Crippen molar-refractivity contribution in [3.8, 4) is 5.75 Å². The lowest BCUT2D eigenvalue weighted by Gasteiger charge is -2.33. The van der Waals surface area contributed by atoms with Gasteiger partial charge in [0.05, 0.1) is 13.7 Å². The normalized spacial score (nSPS) is 19.4. The third-order valence-electron chi connectivity index (χ3n) is 5.59. The van der Waals surface area contributed by atoms with Crippen LogP contribution in [0.2, 0.25) is 0 Å². The fourth-order valence-corrected chi connectivity index (χ4v) is 3.86. The van der Waals surface area contributed by atoms with Gasteiger partial charge in [0.15, 0.2) is 0 Å². The van der Waals surface area contributed by atoms with E-state index in [9.17, 15) is 9.59 Å². The Kier molecular flexibility index (Phi) is 7.10. The van der Waals surface area contributed by atoms with Crippen LogP contribution in [0.1, 0.15) is 48.9 Å². The molecule has 2 saturated heterocycles. The summed E-state index contributed by atoms with van der Waals surface area (Å²) in [7, 11) is 1.61. The number of piperidine rings is 1. The van der Waals surface area contributed by atoms with Crippen molar-refractivity contribution in [2.75, 3.05) is 39.8 Å². The molecule has 1 aromatic carbocycles. The van der Waals surface area contributed by atoms with Crippen molar-refractivity contribution in [1.29, 1.82) is 0 Å². The molecule has 148 valence electrons. The van der Waals surface area contributed by atoms with Crippen molar-refractivity contribution in [2.45, 2.75) is 44.6 Å². The van der Waals surface area contributed by atoms with Gasteiger partial charge in [-0.05, 0) is 49.9 Å². The molecule has 3 rings (SSSR count). The molecular formula is C21H31N3O3. The van der Waals surface area contributed by atoms with Gasteiger partial charge in [0.1, 0.15) is 5.75 Å². The summed E-state index contributed by atoms with van der Waals surface area (Å²) in [5, 5.41) is 3.12. The van der Waals surface area contributed by atoms with E-state index < -0.39 is 0 Å². The number of hydrogen-bond donors (Lipinski definition) is 1. The lowest BCUT2D eigenvalue weighted by Crippen LogP contribution is -2.48. The smallest absolute Gasteiger partial charge is 0.251 e. The van der Waals surface area contributed by atoms with Crippen LogP contribution in [0, 0.1) is 0 Å². The highest BCUT2D eigenvalue weighted by Gasteiger charge is 2.24. The standard InChI is InChI=1S/C21H31N3O3/c1-27-19-8-6-17(7-9-19)21(26)22-18-10-14-23(15-11-18)16-20(25)24-12-4-2-3-5-13-24/h6-9,18H,2-5,10-16H2,1H3,(H,22,26). The monoisotopic (exact) mass is 373 g/mol. The third-order valence-corrected chi connectivity index (χ3v) is 5.59. The third kappa shape index (κ3) is 5.70. The maximum absolute atomic E-state index is 12.5. The molecule has 0 unspecified atom stereocenters. The summed E-state index contributed by atoms with van der Waals surface area (Å²) in [4.78, 5) is 29.2. The molecule has 27 heavy (non-hydrogen) atoms. The van der Waals surface area contributed by atoms with Crippen molar-refractivity contribution in [3.05, 3.63) is 29.8 Å². The van der Waals surface area contributed by atoms with E-state index >= 15 is 0 Å². The summed E-state index contributed by atoms with van der Waals surface area (Å²) in [6, 6.07) is 7.33. The number of nitrogens with zero attached hydrogens (tertiary/aromatic N) is 2. The maximum atomic E-state index is 12.5. The Balaban J connectivity index is 1.41. The minimum atomic E-state index is -0.0447. The molecular weight excluding hydrogens is 342 g/mol. The second kappa shape index (κ2) is 9.74. The summed E-state index contributed by atoms with van der Waals surface area (Å²) in [5.74, 6) is 0.961. The maximum Gasteiger partial charge on any atom is 0.251 e. The van der Waals surface area contributed by atoms with Crippen molar-refractivity contribution < 1.29 is 14.3 Å². The van der Waals surface area contributed by atoms with Gasteiger partial charge in [0.2, 0.25) is 5.91 Å². The van der Waals surface area contributed by atoms with E-state index in [-0.39, 0.29) is 17.9 Å². The average molecular weight is 373 g/mol. The van der Waals surface area contributed by atoms with Gasteiger partial charge in [-0.2, -0.15) is 0 Å². The van der Waals surface area contributed by atoms with Gasteiger partial charge in [0, 0.05) is 37.8 Å². The molecule has 2 fully saturated rings. The van der Waals surface area contributed by atoms with Gasteiger partial charge in [-0.25, -0.2) is 0 Å². The second-order valence-electron chi connectivity index (χ2n) is 7.55. The molecule has 6 nitrogen and oxygen atoms in total. The Morgan fingerprint density at radius 2 is 1.63 bits per heavy atom. The molecule has 2 aliphatic heterocycles. The van der Waals surface area contributed by atoms with Crippen LogP contribution in [0.25, 0.3) is 0 Å². The summed E-state index contributed by atoms with van der Waals surface area (Å²) in [6.07, 6.45) is 6.51. The largest absolute Gasteiger partial charge is 0.497 e. The molecule has 0 aliphatic carbocycles. The zero-order chi connectivity index (χ0) is 19.1. The van der Waals surface area contributed by atoms with Crippen LogP contribution in [0.15, 0.2) is 24.3 Å². The lowest BCUT2D eigenvalue weighted by atomic mass is 10.0. The number of nitrogens with one attached hydrogen (secondary N) is 1. The highest BCUT2D eigenvalue weighted by Crippen LogP contribution is 2.15. The van der Waals surface area contributed by atoms with Crippen LogP contribution < -0.4 is 10.1 Å². The number of rotatable bonds is 5. The summed E-state index contributed by atoms with van der Waals surface area (Å²) >= 11 is 0. The number of benzene rings is 1. The van der Waals surface area contributed by atoms with Crippen LogP contribution in [-0.4, -0.2) is 67.5 Å². The highest BCUT2D eigenvalue weighted by molar-refractivity contribution is 5.94. The fourth-order valence-electron chi connectivity index (χ4n) is 3.86. The SMILES string of the molecule is COc1ccc(C(=O)NC2CCN(CC(=O)N3CCCCCC3)CC2)cc1. The fraction of sp³-hybridized carbons (Fsp3) is 0.619. The van der Waals surface area contributed by atoms with Gasteiger partial charge in [-0.15, -0.1) is 0 Å². The van der Waals surface area contributed by atoms with E-state index in [1.807, 2.05) is 4.90 Å². The van der Waals surface area contributed by atoms with Gasteiger partial charge in [0.25, 0.3) is 5.91 Å². The van der Waals surface area contributed by atoms with Gasteiger partial charge >= 0.3 is 0 Å². The summed E-state index contributed by atoms with van der Waals surface area (Å²) in [6.45, 7) is 4.04. The lowest BCUT2D eigenvalue weighted by molar-refractivity contribution is -0.132. The number of carbonyl (C=O) groups is 2. The molecule has 0 bridgehead atoms. The van der Waals surface area contributed by atoms with Crippen LogP contribution in [0.4, 0.5) is 0 Å². The van der Waals surface area contributed by atoms with Crippen molar-refractivity contribution in [3.63, 3.8) is 0 Å². The molecule has 0 aromatic heterocycles. The Bertz CT molecular complexity index is 616. The molecule has 6 heteroatoms. The van der Waals surface area contributed by atoms with E-state index in [2.05, 4.69) is 10.2 Å². The first-order chi connectivity index (χ1) is 13.2. The molecule has 1 aromatic rings. The highest BCUT2D eigenvalue weighted by atomic mass is 16.5. The molecule has 0 spiro atoms. The Labute approximate surface area is 161 Å². The second-order valence-corrected chi connectivity index (χ2v) is 7.55. The van der Waals surface area contributed by atoms with Gasteiger partial charge in [-0.1, -0.05) is 12.8 Å². The van der Waals surface area contributed by atoms with E-state index in [0.717, 1.165) is 57.6 Å². The summed E-state index contributed by atoms with van der Waals surface area (Å²) in [5.41, 5.74) is 0.648. The number of amides is 2. The number of methoxy groups -OCH3 is 1. The first kappa shape index (κ1) is 19.7. The Morgan fingerprint density at radius 1 is 1.00 bits per heavy atom. The van der Waals surface area contributed by atoms with E-state index in [4.69, 9.17) is 4.74 Å². The van der Waals surface area contributed by atoms with Gasteiger partial charge < -0.3 is 15.0 Å². The Hall–Kier alpha value is -2.08. The topological polar surface area (TPSA) is 61.9 Å². The number of hydrogen-bond acceptors (Lipinski definition) is 4. The average Bonchev–Trinajstić information content (AvgIpc) is 2.99. The first-order valence-corrected chi connectivity index (χ1v) is 10.1. The first-order valence-electron chi connectivity index (χ1n) is 10.1. The number of carbonyl (C=O) groups excluding carboxylic acids is 2.